The zero-order chi connectivity index (χ0) is 12.2. The van der Waals surface area contributed by atoms with Gasteiger partial charge >= 0.3 is 5.97 Å². The molecule has 1 heterocycles. The van der Waals surface area contributed by atoms with Gasteiger partial charge in [0.15, 0.2) is 0 Å². The molecule has 0 spiro atoms. The molecular weight excluding hydrogens is 204 g/mol. The quantitative estimate of drug-likeness (QED) is 0.729. The summed E-state index contributed by atoms with van der Waals surface area (Å²) in [5.41, 5.74) is -0.385. The Morgan fingerprint density at radius 1 is 1.50 bits per heavy atom. The van der Waals surface area contributed by atoms with E-state index in [-0.39, 0.29) is 11.6 Å². The van der Waals surface area contributed by atoms with Crippen LogP contribution in [0.3, 0.4) is 0 Å². The summed E-state index contributed by atoms with van der Waals surface area (Å²) >= 11 is 0. The Balaban J connectivity index is 2.22. The van der Waals surface area contributed by atoms with Crippen LogP contribution in [0, 0.1) is 0 Å². The normalized spacial score (nSPS) is 21.4. The molecule has 1 saturated heterocycles. The summed E-state index contributed by atoms with van der Waals surface area (Å²) in [4.78, 5) is 13.6. The summed E-state index contributed by atoms with van der Waals surface area (Å²) in [7, 11) is 1.96. The number of carbonyl (C=O) groups excluding carboxylic acids is 1. The molecule has 1 rings (SSSR count). The third-order valence-electron chi connectivity index (χ3n) is 2.51. The number of rotatable bonds is 4. The third-order valence-corrected chi connectivity index (χ3v) is 2.51. The van der Waals surface area contributed by atoms with Crippen LogP contribution in [0.5, 0.6) is 0 Å². The van der Waals surface area contributed by atoms with Crippen molar-refractivity contribution in [1.29, 1.82) is 0 Å². The van der Waals surface area contributed by atoms with Crippen molar-refractivity contribution in [2.75, 3.05) is 26.7 Å². The largest absolute Gasteiger partial charge is 0.459 e. The van der Waals surface area contributed by atoms with Crippen molar-refractivity contribution >= 4 is 5.97 Å². The standard InChI is InChI=1S/C12H24N2O2/c1-12(2,3)16-11(15)9-14(4)8-10-6-5-7-13-10/h10,13H,5-9H2,1-4H3. The first kappa shape index (κ1) is 13.5. The minimum atomic E-state index is -0.385. The number of nitrogens with one attached hydrogen (secondary N) is 1. The second-order valence-corrected chi connectivity index (χ2v) is 5.58. The summed E-state index contributed by atoms with van der Waals surface area (Å²) in [6.45, 7) is 8.07. The molecule has 0 aliphatic carbocycles. The van der Waals surface area contributed by atoms with E-state index in [1.165, 1.54) is 12.8 Å². The highest BCUT2D eigenvalue weighted by molar-refractivity contribution is 5.72. The van der Waals surface area contributed by atoms with Crippen molar-refractivity contribution in [2.24, 2.45) is 0 Å². The molecule has 0 saturated carbocycles. The van der Waals surface area contributed by atoms with Crippen molar-refractivity contribution in [3.8, 4) is 0 Å². The number of hydrogen-bond donors (Lipinski definition) is 1. The van der Waals surface area contributed by atoms with Crippen molar-refractivity contribution in [1.82, 2.24) is 10.2 Å². The molecule has 0 radical (unpaired) electrons. The highest BCUT2D eigenvalue weighted by Crippen LogP contribution is 2.09. The maximum atomic E-state index is 11.6. The lowest BCUT2D eigenvalue weighted by Gasteiger charge is -2.24. The molecular formula is C12H24N2O2. The first-order valence-corrected chi connectivity index (χ1v) is 6.00. The highest BCUT2D eigenvalue weighted by atomic mass is 16.6. The Labute approximate surface area is 98.3 Å². The predicted octanol–water partition coefficient (Wildman–Crippen LogP) is 1.01. The van der Waals surface area contributed by atoms with Crippen molar-refractivity contribution in [3.63, 3.8) is 0 Å². The Bertz CT molecular complexity index is 230. The van der Waals surface area contributed by atoms with Crippen LogP contribution in [-0.2, 0) is 9.53 Å². The molecule has 1 fully saturated rings. The summed E-state index contributed by atoms with van der Waals surface area (Å²) < 4.78 is 5.27. The fraction of sp³-hybridized carbons (Fsp3) is 0.917. The lowest BCUT2D eigenvalue weighted by atomic mass is 10.2. The fourth-order valence-electron chi connectivity index (χ4n) is 1.95. The number of likely N-dealkylation sites (N-methyl/N-ethyl adjacent to an activating group) is 1. The number of carbonyl (C=O) groups is 1. The van der Waals surface area contributed by atoms with E-state index >= 15 is 0 Å². The number of hydrogen-bond acceptors (Lipinski definition) is 4. The van der Waals surface area contributed by atoms with E-state index in [9.17, 15) is 4.79 Å². The monoisotopic (exact) mass is 228 g/mol. The van der Waals surface area contributed by atoms with Gasteiger partial charge in [-0.05, 0) is 47.2 Å². The van der Waals surface area contributed by atoms with E-state index in [0.717, 1.165) is 13.1 Å². The second kappa shape index (κ2) is 5.64. The van der Waals surface area contributed by atoms with Crippen LogP contribution in [-0.4, -0.2) is 49.2 Å². The molecule has 0 aromatic rings. The van der Waals surface area contributed by atoms with E-state index in [0.29, 0.717) is 12.6 Å². The number of ether oxygens (including phenoxy) is 1. The average Bonchev–Trinajstić information content (AvgIpc) is 2.51. The van der Waals surface area contributed by atoms with Gasteiger partial charge in [-0.25, -0.2) is 0 Å². The number of esters is 1. The van der Waals surface area contributed by atoms with Gasteiger partial charge in [-0.2, -0.15) is 0 Å². The Kier molecular flexibility index (Phi) is 4.74. The molecule has 0 bridgehead atoms. The van der Waals surface area contributed by atoms with Crippen LogP contribution in [0.15, 0.2) is 0 Å². The summed E-state index contributed by atoms with van der Waals surface area (Å²) in [5, 5.41) is 3.42. The maximum Gasteiger partial charge on any atom is 0.320 e. The van der Waals surface area contributed by atoms with Crippen molar-refractivity contribution < 1.29 is 9.53 Å². The summed E-state index contributed by atoms with van der Waals surface area (Å²) in [6.07, 6.45) is 2.45. The maximum absolute atomic E-state index is 11.6. The lowest BCUT2D eigenvalue weighted by Crippen LogP contribution is -2.39. The Hall–Kier alpha value is -0.610. The van der Waals surface area contributed by atoms with Gasteiger partial charge in [-0.15, -0.1) is 0 Å². The van der Waals surface area contributed by atoms with Crippen LogP contribution in [0.25, 0.3) is 0 Å². The van der Waals surface area contributed by atoms with Crippen LogP contribution >= 0.6 is 0 Å². The Morgan fingerprint density at radius 3 is 2.69 bits per heavy atom. The molecule has 4 nitrogen and oxygen atoms in total. The zero-order valence-electron chi connectivity index (χ0n) is 10.9. The van der Waals surface area contributed by atoms with Gasteiger partial charge in [0.25, 0.3) is 0 Å². The first-order valence-electron chi connectivity index (χ1n) is 6.00. The van der Waals surface area contributed by atoms with Gasteiger partial charge in [0.2, 0.25) is 0 Å². The number of nitrogens with zero attached hydrogens (tertiary/aromatic N) is 1. The van der Waals surface area contributed by atoms with Gasteiger partial charge in [0.05, 0.1) is 6.54 Å². The minimum absolute atomic E-state index is 0.145. The second-order valence-electron chi connectivity index (χ2n) is 5.58. The van der Waals surface area contributed by atoms with Crippen LogP contribution in [0.4, 0.5) is 0 Å². The molecule has 1 aliphatic heterocycles. The predicted molar refractivity (Wildman–Crippen MR) is 64.4 cm³/mol. The molecule has 0 aromatic heterocycles. The van der Waals surface area contributed by atoms with Crippen LogP contribution in [0.2, 0.25) is 0 Å². The molecule has 1 atom stereocenters. The molecule has 0 amide bonds. The summed E-state index contributed by atoms with van der Waals surface area (Å²) in [6, 6.07) is 0.535. The zero-order valence-corrected chi connectivity index (χ0v) is 10.9. The molecule has 94 valence electrons. The van der Waals surface area contributed by atoms with Gasteiger partial charge in [0.1, 0.15) is 5.60 Å². The van der Waals surface area contributed by atoms with E-state index in [1.807, 2.05) is 32.7 Å². The highest BCUT2D eigenvalue weighted by Gasteiger charge is 2.20. The van der Waals surface area contributed by atoms with Gasteiger partial charge in [-0.1, -0.05) is 0 Å². The molecule has 1 aliphatic rings. The molecule has 16 heavy (non-hydrogen) atoms. The van der Waals surface area contributed by atoms with E-state index in [2.05, 4.69) is 5.32 Å². The molecule has 4 heteroatoms. The SMILES string of the molecule is CN(CC(=O)OC(C)(C)C)CC1CCCN1. The molecule has 1 unspecified atom stereocenters. The topological polar surface area (TPSA) is 41.6 Å². The molecule has 0 aromatic carbocycles. The van der Waals surface area contributed by atoms with Gasteiger partial charge in [-0.3, -0.25) is 9.69 Å². The van der Waals surface area contributed by atoms with Gasteiger partial charge < -0.3 is 10.1 Å². The minimum Gasteiger partial charge on any atom is -0.459 e. The first-order chi connectivity index (χ1) is 7.37. The van der Waals surface area contributed by atoms with Crippen molar-refractivity contribution in [2.45, 2.75) is 45.3 Å². The Morgan fingerprint density at radius 2 is 2.19 bits per heavy atom. The van der Waals surface area contributed by atoms with E-state index < -0.39 is 0 Å². The average molecular weight is 228 g/mol. The van der Waals surface area contributed by atoms with Gasteiger partial charge in [0, 0.05) is 12.6 Å². The van der Waals surface area contributed by atoms with E-state index in [1.54, 1.807) is 0 Å². The van der Waals surface area contributed by atoms with Crippen LogP contribution < -0.4 is 5.32 Å². The lowest BCUT2D eigenvalue weighted by molar-refractivity contribution is -0.155. The summed E-state index contributed by atoms with van der Waals surface area (Å²) in [5.74, 6) is -0.145. The third kappa shape index (κ3) is 5.47. The smallest absolute Gasteiger partial charge is 0.320 e. The van der Waals surface area contributed by atoms with Crippen molar-refractivity contribution in [3.05, 3.63) is 0 Å². The van der Waals surface area contributed by atoms with Crippen LogP contribution in [0.1, 0.15) is 33.6 Å². The molecule has 1 N–H and O–H groups in total. The van der Waals surface area contributed by atoms with E-state index in [4.69, 9.17) is 4.74 Å². The fourth-order valence-corrected chi connectivity index (χ4v) is 1.95.